The number of aromatic nitrogens is 2. The fourth-order valence-corrected chi connectivity index (χ4v) is 1.77. The van der Waals surface area contributed by atoms with Gasteiger partial charge < -0.3 is 4.74 Å². The highest BCUT2D eigenvalue weighted by Gasteiger charge is 2.16. The van der Waals surface area contributed by atoms with E-state index in [1.807, 2.05) is 6.07 Å². The predicted molar refractivity (Wildman–Crippen MR) is 76.5 cm³/mol. The summed E-state index contributed by atoms with van der Waals surface area (Å²) in [6.07, 6.45) is 1.64. The van der Waals surface area contributed by atoms with Crippen LogP contribution >= 0.6 is 11.6 Å². The van der Waals surface area contributed by atoms with Crippen LogP contribution in [0.15, 0.2) is 30.5 Å². The van der Waals surface area contributed by atoms with Gasteiger partial charge in [-0.3, -0.25) is 0 Å². The average molecular weight is 295 g/mol. The van der Waals surface area contributed by atoms with E-state index < -0.39 is 5.82 Å². The minimum absolute atomic E-state index is 0.0661. The third-order valence-electron chi connectivity index (χ3n) is 2.77. The van der Waals surface area contributed by atoms with Gasteiger partial charge >= 0.3 is 6.01 Å². The molecule has 0 spiro atoms. The molecule has 0 saturated carbocycles. The summed E-state index contributed by atoms with van der Waals surface area (Å²) < 4.78 is 19.1. The Kier molecular flexibility index (Phi) is 4.23. The predicted octanol–water partition coefficient (Wildman–Crippen LogP) is 4.15. The number of hydrogen-bond acceptors (Lipinski definition) is 3. The standard InChI is InChI=1S/C15H16ClFN2O/c1-15(2,3)13-6-7-18-14(19-13)20-9-10-4-5-11(16)8-12(10)17/h4-8H,9H2,1-3H3. The van der Waals surface area contributed by atoms with Gasteiger partial charge in [0.15, 0.2) is 0 Å². The molecule has 1 aromatic heterocycles. The van der Waals surface area contributed by atoms with Crippen molar-refractivity contribution in [2.45, 2.75) is 32.8 Å². The zero-order chi connectivity index (χ0) is 14.8. The number of nitrogens with zero attached hydrogens (tertiary/aromatic N) is 2. The maximum Gasteiger partial charge on any atom is 0.316 e. The highest BCUT2D eigenvalue weighted by Crippen LogP contribution is 2.21. The van der Waals surface area contributed by atoms with Crippen LogP contribution in [0.1, 0.15) is 32.0 Å². The fourth-order valence-electron chi connectivity index (χ4n) is 1.61. The van der Waals surface area contributed by atoms with Gasteiger partial charge in [0.2, 0.25) is 0 Å². The first kappa shape index (κ1) is 14.7. The van der Waals surface area contributed by atoms with Crippen molar-refractivity contribution in [3.05, 3.63) is 52.6 Å². The second kappa shape index (κ2) is 5.75. The summed E-state index contributed by atoms with van der Waals surface area (Å²) in [7, 11) is 0. The molecule has 3 nitrogen and oxygen atoms in total. The van der Waals surface area contributed by atoms with Crippen molar-refractivity contribution in [2.75, 3.05) is 0 Å². The van der Waals surface area contributed by atoms with Crippen molar-refractivity contribution in [2.24, 2.45) is 0 Å². The molecule has 0 saturated heterocycles. The van der Waals surface area contributed by atoms with Gasteiger partial charge in [-0.2, -0.15) is 4.98 Å². The molecule has 2 aromatic rings. The van der Waals surface area contributed by atoms with Crippen molar-refractivity contribution < 1.29 is 9.13 Å². The summed E-state index contributed by atoms with van der Waals surface area (Å²) in [5.74, 6) is -0.399. The number of ether oxygens (including phenoxy) is 1. The lowest BCUT2D eigenvalue weighted by Gasteiger charge is -2.17. The summed E-state index contributed by atoms with van der Waals surface area (Å²) >= 11 is 5.70. The van der Waals surface area contributed by atoms with E-state index in [0.29, 0.717) is 10.6 Å². The summed E-state index contributed by atoms with van der Waals surface area (Å²) in [6.45, 7) is 6.23. The van der Waals surface area contributed by atoms with Gasteiger partial charge in [0.25, 0.3) is 0 Å². The Bertz CT molecular complexity index is 611. The molecule has 20 heavy (non-hydrogen) atoms. The van der Waals surface area contributed by atoms with Crippen LogP contribution in [0.25, 0.3) is 0 Å². The van der Waals surface area contributed by atoms with Gasteiger partial charge in [-0.05, 0) is 18.2 Å². The van der Waals surface area contributed by atoms with Gasteiger partial charge in [0.05, 0.1) is 5.69 Å². The van der Waals surface area contributed by atoms with Crippen molar-refractivity contribution in [1.82, 2.24) is 9.97 Å². The molecule has 0 aliphatic carbocycles. The van der Waals surface area contributed by atoms with E-state index in [2.05, 4.69) is 30.7 Å². The van der Waals surface area contributed by atoms with Crippen molar-refractivity contribution >= 4 is 11.6 Å². The molecular weight excluding hydrogens is 279 g/mol. The third kappa shape index (κ3) is 3.67. The minimum Gasteiger partial charge on any atom is -0.458 e. The van der Waals surface area contributed by atoms with Gasteiger partial charge in [0.1, 0.15) is 12.4 Å². The van der Waals surface area contributed by atoms with Crippen molar-refractivity contribution in [3.63, 3.8) is 0 Å². The van der Waals surface area contributed by atoms with Crippen LogP contribution in [0.4, 0.5) is 4.39 Å². The quantitative estimate of drug-likeness (QED) is 0.853. The molecule has 0 amide bonds. The molecule has 0 bridgehead atoms. The number of rotatable bonds is 3. The van der Waals surface area contributed by atoms with E-state index in [9.17, 15) is 4.39 Å². The Morgan fingerprint density at radius 3 is 2.65 bits per heavy atom. The van der Waals surface area contributed by atoms with Crippen LogP contribution in [0, 0.1) is 5.82 Å². The molecule has 0 aliphatic heterocycles. The van der Waals surface area contributed by atoms with Crippen molar-refractivity contribution in [3.8, 4) is 6.01 Å². The lowest BCUT2D eigenvalue weighted by atomic mass is 9.92. The minimum atomic E-state index is -0.399. The van der Waals surface area contributed by atoms with Gasteiger partial charge in [-0.25, -0.2) is 9.37 Å². The van der Waals surface area contributed by atoms with E-state index in [1.165, 1.54) is 6.07 Å². The largest absolute Gasteiger partial charge is 0.458 e. The zero-order valence-electron chi connectivity index (χ0n) is 11.7. The maximum atomic E-state index is 13.6. The second-order valence-corrected chi connectivity index (χ2v) is 5.94. The molecule has 106 valence electrons. The van der Waals surface area contributed by atoms with E-state index in [-0.39, 0.29) is 18.0 Å². The number of hydrogen-bond donors (Lipinski definition) is 0. The maximum absolute atomic E-state index is 13.6. The molecule has 0 aliphatic rings. The molecule has 1 aromatic carbocycles. The van der Waals surface area contributed by atoms with E-state index >= 15 is 0 Å². The molecule has 0 atom stereocenters. The third-order valence-corrected chi connectivity index (χ3v) is 3.01. The van der Waals surface area contributed by atoms with Crippen molar-refractivity contribution in [1.29, 1.82) is 0 Å². The molecular formula is C15H16ClFN2O. The van der Waals surface area contributed by atoms with Gasteiger partial charge in [-0.15, -0.1) is 0 Å². The van der Waals surface area contributed by atoms with Crippen LogP contribution in [0.5, 0.6) is 6.01 Å². The molecule has 0 fully saturated rings. The zero-order valence-corrected chi connectivity index (χ0v) is 12.4. The van der Waals surface area contributed by atoms with Crippen LogP contribution in [0.3, 0.4) is 0 Å². The van der Waals surface area contributed by atoms with Crippen LogP contribution < -0.4 is 4.74 Å². The Morgan fingerprint density at radius 2 is 2.00 bits per heavy atom. The van der Waals surface area contributed by atoms with Crippen LogP contribution in [-0.2, 0) is 12.0 Å². The Labute approximate surface area is 122 Å². The SMILES string of the molecule is CC(C)(C)c1ccnc(OCc2ccc(Cl)cc2F)n1. The summed E-state index contributed by atoms with van der Waals surface area (Å²) in [4.78, 5) is 8.36. The Hall–Kier alpha value is -1.68. The lowest BCUT2D eigenvalue weighted by molar-refractivity contribution is 0.273. The number of halogens is 2. The molecule has 1 heterocycles. The first-order valence-electron chi connectivity index (χ1n) is 6.26. The monoisotopic (exact) mass is 294 g/mol. The molecule has 0 unspecified atom stereocenters. The van der Waals surface area contributed by atoms with E-state index in [4.69, 9.17) is 16.3 Å². The average Bonchev–Trinajstić information content (AvgIpc) is 2.37. The first-order chi connectivity index (χ1) is 9.36. The normalized spacial score (nSPS) is 11.4. The Balaban J connectivity index is 2.11. The topological polar surface area (TPSA) is 35.0 Å². The fraction of sp³-hybridized carbons (Fsp3) is 0.333. The highest BCUT2D eigenvalue weighted by atomic mass is 35.5. The summed E-state index contributed by atoms with van der Waals surface area (Å²) in [6, 6.07) is 6.55. The van der Waals surface area contributed by atoms with Crippen LogP contribution in [-0.4, -0.2) is 9.97 Å². The molecule has 5 heteroatoms. The first-order valence-corrected chi connectivity index (χ1v) is 6.64. The highest BCUT2D eigenvalue weighted by molar-refractivity contribution is 6.30. The van der Waals surface area contributed by atoms with Crippen LogP contribution in [0.2, 0.25) is 5.02 Å². The summed E-state index contributed by atoms with van der Waals surface area (Å²) in [5, 5.41) is 0.359. The smallest absolute Gasteiger partial charge is 0.316 e. The van der Waals surface area contributed by atoms with Gasteiger partial charge in [0, 0.05) is 22.2 Å². The number of benzene rings is 1. The van der Waals surface area contributed by atoms with Gasteiger partial charge in [-0.1, -0.05) is 38.4 Å². The lowest BCUT2D eigenvalue weighted by Crippen LogP contribution is -2.14. The molecule has 0 N–H and O–H groups in total. The summed E-state index contributed by atoms with van der Waals surface area (Å²) in [5.41, 5.74) is 1.20. The van der Waals surface area contributed by atoms with E-state index in [1.54, 1.807) is 18.3 Å². The molecule has 2 rings (SSSR count). The van der Waals surface area contributed by atoms with E-state index in [0.717, 1.165) is 5.69 Å². The molecule has 0 radical (unpaired) electrons. The second-order valence-electron chi connectivity index (χ2n) is 5.50. The Morgan fingerprint density at radius 1 is 1.25 bits per heavy atom.